The van der Waals surface area contributed by atoms with Gasteiger partial charge in [-0.05, 0) is 19.4 Å². The summed E-state index contributed by atoms with van der Waals surface area (Å²) >= 11 is 0. The molecule has 96 valence electrons. The maximum Gasteiger partial charge on any atom is 0.320 e. The summed E-state index contributed by atoms with van der Waals surface area (Å²) in [5.41, 5.74) is 0. The monoisotopic (exact) mass is 229 g/mol. The minimum atomic E-state index is -0.715. The Morgan fingerprint density at radius 1 is 1.06 bits per heavy atom. The third-order valence-electron chi connectivity index (χ3n) is 2.80. The van der Waals surface area contributed by atoms with Crippen LogP contribution in [0.2, 0.25) is 0 Å². The van der Waals surface area contributed by atoms with E-state index in [2.05, 4.69) is 12.2 Å². The highest BCUT2D eigenvalue weighted by atomic mass is 16.4. The van der Waals surface area contributed by atoms with Gasteiger partial charge in [-0.1, -0.05) is 52.4 Å². The number of rotatable bonds is 11. The van der Waals surface area contributed by atoms with Crippen molar-refractivity contribution in [3.8, 4) is 0 Å². The van der Waals surface area contributed by atoms with Crippen molar-refractivity contribution in [1.82, 2.24) is 5.32 Å². The number of hydrogen-bond acceptors (Lipinski definition) is 2. The summed E-state index contributed by atoms with van der Waals surface area (Å²) in [5.74, 6) is -0.715. The van der Waals surface area contributed by atoms with Crippen LogP contribution in [0, 0.1) is 0 Å². The van der Waals surface area contributed by atoms with Crippen LogP contribution in [-0.4, -0.2) is 23.7 Å². The number of nitrogens with one attached hydrogen (secondary N) is 1. The van der Waals surface area contributed by atoms with Gasteiger partial charge in [0.1, 0.15) is 6.04 Å². The smallest absolute Gasteiger partial charge is 0.320 e. The molecule has 0 aliphatic rings. The average Bonchev–Trinajstić information content (AvgIpc) is 2.26. The molecule has 0 aromatic heterocycles. The minimum Gasteiger partial charge on any atom is -0.480 e. The summed E-state index contributed by atoms with van der Waals surface area (Å²) in [5, 5.41) is 12.0. The van der Waals surface area contributed by atoms with Gasteiger partial charge in [-0.15, -0.1) is 0 Å². The molecule has 1 atom stereocenters. The Hall–Kier alpha value is -0.570. The summed E-state index contributed by atoms with van der Waals surface area (Å²) in [7, 11) is 0. The number of carboxylic acid groups (broad SMARTS) is 1. The normalized spacial score (nSPS) is 12.6. The van der Waals surface area contributed by atoms with Crippen molar-refractivity contribution in [2.45, 2.75) is 71.3 Å². The van der Waals surface area contributed by atoms with Gasteiger partial charge in [0.05, 0.1) is 0 Å². The molecule has 0 heterocycles. The molecular weight excluding hydrogens is 202 g/mol. The molecule has 0 fully saturated rings. The molecule has 3 heteroatoms. The lowest BCUT2D eigenvalue weighted by molar-refractivity contribution is -0.139. The summed E-state index contributed by atoms with van der Waals surface area (Å²) < 4.78 is 0. The number of carboxylic acids is 1. The van der Waals surface area contributed by atoms with Gasteiger partial charge in [0, 0.05) is 0 Å². The van der Waals surface area contributed by atoms with Crippen LogP contribution in [-0.2, 0) is 4.79 Å². The van der Waals surface area contributed by atoms with Crippen molar-refractivity contribution >= 4 is 5.97 Å². The molecule has 0 aliphatic carbocycles. The van der Waals surface area contributed by atoms with E-state index >= 15 is 0 Å². The fraction of sp³-hybridized carbons (Fsp3) is 0.923. The second-order valence-electron chi connectivity index (χ2n) is 4.40. The predicted octanol–water partition coefficient (Wildman–Crippen LogP) is 3.19. The molecule has 0 saturated heterocycles. The van der Waals surface area contributed by atoms with Gasteiger partial charge in [-0.2, -0.15) is 0 Å². The zero-order chi connectivity index (χ0) is 12.2. The largest absolute Gasteiger partial charge is 0.480 e. The first-order valence-corrected chi connectivity index (χ1v) is 6.68. The standard InChI is InChI=1S/C13H27NO2/c1-3-5-6-7-8-9-11-14-12(10-4-2)13(15)16/h12,14H,3-11H2,1-2H3,(H,15,16). The molecule has 0 spiro atoms. The first kappa shape index (κ1) is 15.4. The van der Waals surface area contributed by atoms with Crippen molar-refractivity contribution in [3.05, 3.63) is 0 Å². The predicted molar refractivity (Wildman–Crippen MR) is 67.7 cm³/mol. The van der Waals surface area contributed by atoms with Crippen LogP contribution in [0.25, 0.3) is 0 Å². The van der Waals surface area contributed by atoms with Gasteiger partial charge in [-0.3, -0.25) is 4.79 Å². The first-order chi connectivity index (χ1) is 7.72. The maximum atomic E-state index is 10.8. The maximum absolute atomic E-state index is 10.8. The molecule has 2 N–H and O–H groups in total. The summed E-state index contributed by atoms with van der Waals surface area (Å²) in [6.45, 7) is 5.06. The van der Waals surface area contributed by atoms with Crippen LogP contribution >= 0.6 is 0 Å². The van der Waals surface area contributed by atoms with E-state index in [4.69, 9.17) is 5.11 Å². The number of carbonyl (C=O) groups is 1. The Balaban J connectivity index is 3.37. The van der Waals surface area contributed by atoms with E-state index in [0.29, 0.717) is 0 Å². The van der Waals surface area contributed by atoms with Crippen LogP contribution < -0.4 is 5.32 Å². The van der Waals surface area contributed by atoms with Gasteiger partial charge in [0.25, 0.3) is 0 Å². The van der Waals surface area contributed by atoms with E-state index in [1.165, 1.54) is 32.1 Å². The molecule has 1 unspecified atom stereocenters. The van der Waals surface area contributed by atoms with Crippen molar-refractivity contribution in [3.63, 3.8) is 0 Å². The molecule has 0 bridgehead atoms. The van der Waals surface area contributed by atoms with Crippen molar-refractivity contribution in [2.24, 2.45) is 0 Å². The van der Waals surface area contributed by atoms with E-state index in [1.807, 2.05) is 6.92 Å². The minimum absolute atomic E-state index is 0.347. The molecule has 16 heavy (non-hydrogen) atoms. The fourth-order valence-corrected chi connectivity index (χ4v) is 1.78. The van der Waals surface area contributed by atoms with Crippen LogP contribution in [0.1, 0.15) is 65.2 Å². The van der Waals surface area contributed by atoms with E-state index in [0.717, 1.165) is 25.8 Å². The second-order valence-corrected chi connectivity index (χ2v) is 4.40. The lowest BCUT2D eigenvalue weighted by atomic mass is 10.1. The van der Waals surface area contributed by atoms with Gasteiger partial charge >= 0.3 is 5.97 Å². The highest BCUT2D eigenvalue weighted by Crippen LogP contribution is 2.04. The summed E-state index contributed by atoms with van der Waals surface area (Å²) in [4.78, 5) is 10.8. The molecular formula is C13H27NO2. The van der Waals surface area contributed by atoms with Crippen molar-refractivity contribution in [2.75, 3.05) is 6.54 Å². The first-order valence-electron chi connectivity index (χ1n) is 6.68. The molecule has 0 aliphatic heterocycles. The molecule has 0 rings (SSSR count). The molecule has 0 aromatic carbocycles. The zero-order valence-corrected chi connectivity index (χ0v) is 10.8. The van der Waals surface area contributed by atoms with Gasteiger partial charge in [-0.25, -0.2) is 0 Å². The van der Waals surface area contributed by atoms with Gasteiger partial charge < -0.3 is 10.4 Å². The van der Waals surface area contributed by atoms with E-state index in [-0.39, 0.29) is 6.04 Å². The quantitative estimate of drug-likeness (QED) is 0.535. The summed E-state index contributed by atoms with van der Waals surface area (Å²) in [6, 6.07) is -0.347. The van der Waals surface area contributed by atoms with Gasteiger partial charge in [0.2, 0.25) is 0 Å². The molecule has 0 radical (unpaired) electrons. The number of hydrogen-bond donors (Lipinski definition) is 2. The lowest BCUT2D eigenvalue weighted by Gasteiger charge is -2.12. The highest BCUT2D eigenvalue weighted by Gasteiger charge is 2.14. The molecule has 0 aromatic rings. The Morgan fingerprint density at radius 3 is 2.25 bits per heavy atom. The van der Waals surface area contributed by atoms with Crippen LogP contribution in [0.3, 0.4) is 0 Å². The molecule has 0 saturated carbocycles. The SMILES string of the molecule is CCCCCCCCNC(CCC)C(=O)O. The average molecular weight is 229 g/mol. The fourth-order valence-electron chi connectivity index (χ4n) is 1.78. The Morgan fingerprint density at radius 2 is 1.69 bits per heavy atom. The third-order valence-corrected chi connectivity index (χ3v) is 2.80. The zero-order valence-electron chi connectivity index (χ0n) is 10.8. The lowest BCUT2D eigenvalue weighted by Crippen LogP contribution is -2.37. The van der Waals surface area contributed by atoms with E-state index < -0.39 is 5.97 Å². The summed E-state index contributed by atoms with van der Waals surface area (Å²) in [6.07, 6.45) is 9.14. The Bertz CT molecular complexity index is 171. The Kier molecular flexibility index (Phi) is 10.5. The Labute approximate surface area is 99.6 Å². The highest BCUT2D eigenvalue weighted by molar-refractivity contribution is 5.73. The number of aliphatic carboxylic acids is 1. The van der Waals surface area contributed by atoms with E-state index in [1.54, 1.807) is 0 Å². The van der Waals surface area contributed by atoms with E-state index in [9.17, 15) is 4.79 Å². The number of unbranched alkanes of at least 4 members (excludes halogenated alkanes) is 5. The third kappa shape index (κ3) is 8.72. The topological polar surface area (TPSA) is 49.3 Å². The molecule has 3 nitrogen and oxygen atoms in total. The van der Waals surface area contributed by atoms with Gasteiger partial charge in [0.15, 0.2) is 0 Å². The second kappa shape index (κ2) is 10.9. The molecule has 0 amide bonds. The van der Waals surface area contributed by atoms with Crippen LogP contribution in [0.15, 0.2) is 0 Å². The van der Waals surface area contributed by atoms with Crippen molar-refractivity contribution in [1.29, 1.82) is 0 Å². The van der Waals surface area contributed by atoms with Crippen LogP contribution in [0.4, 0.5) is 0 Å². The van der Waals surface area contributed by atoms with Crippen molar-refractivity contribution < 1.29 is 9.90 Å². The van der Waals surface area contributed by atoms with Crippen LogP contribution in [0.5, 0.6) is 0 Å².